The van der Waals surface area contributed by atoms with Crippen molar-refractivity contribution in [2.24, 2.45) is 0 Å². The lowest BCUT2D eigenvalue weighted by molar-refractivity contribution is -0.890. The zero-order valence-corrected chi connectivity index (χ0v) is 17.0. The molecule has 0 aromatic heterocycles. The number of rotatable bonds is 17. The van der Waals surface area contributed by atoms with E-state index in [9.17, 15) is 8.42 Å². The van der Waals surface area contributed by atoms with Crippen LogP contribution in [-0.2, 0) is 14.6 Å². The molecule has 0 heterocycles. The van der Waals surface area contributed by atoms with Gasteiger partial charge in [-0.3, -0.25) is 4.55 Å². The maximum Gasteiger partial charge on any atom is 0.397 e. The van der Waals surface area contributed by atoms with Crippen LogP contribution >= 0.6 is 0 Å². The van der Waals surface area contributed by atoms with Crippen molar-refractivity contribution < 1.29 is 21.6 Å². The maximum atomic E-state index is 10.4. The van der Waals surface area contributed by atoms with Crippen LogP contribution in [-0.4, -0.2) is 51.2 Å². The fourth-order valence-electron chi connectivity index (χ4n) is 2.95. The summed E-state index contributed by atoms with van der Waals surface area (Å²) >= 11 is 0. The molecule has 0 saturated heterocycles. The summed E-state index contributed by atoms with van der Waals surface area (Å²) in [7, 11) is 0.162. The number of unbranched alkanes of at least 4 members (excludes halogenated alkanes) is 10. The van der Waals surface area contributed by atoms with Crippen LogP contribution in [0.2, 0.25) is 0 Å². The molecule has 0 aliphatic carbocycles. The van der Waals surface area contributed by atoms with E-state index in [1.54, 1.807) is 0 Å². The van der Waals surface area contributed by atoms with Gasteiger partial charge in [0.1, 0.15) is 0 Å². The van der Waals surface area contributed by atoms with Crippen molar-refractivity contribution in [2.75, 3.05) is 33.8 Å². The quantitative estimate of drug-likeness (QED) is 0.232. The predicted molar refractivity (Wildman–Crippen MR) is 100 cm³/mol. The van der Waals surface area contributed by atoms with Gasteiger partial charge in [-0.25, -0.2) is 4.18 Å². The predicted octanol–water partition coefficient (Wildman–Crippen LogP) is 4.58. The van der Waals surface area contributed by atoms with E-state index in [1.807, 2.05) is 0 Å². The summed E-state index contributed by atoms with van der Waals surface area (Å²) in [5.74, 6) is 0. The number of hydrogen-bond acceptors (Lipinski definition) is 3. The summed E-state index contributed by atoms with van der Waals surface area (Å²) in [5, 5.41) is 0. The van der Waals surface area contributed by atoms with Crippen molar-refractivity contribution >= 4 is 10.4 Å². The van der Waals surface area contributed by atoms with Crippen molar-refractivity contribution in [3.8, 4) is 0 Å². The van der Waals surface area contributed by atoms with Gasteiger partial charge in [0, 0.05) is 0 Å². The van der Waals surface area contributed by atoms with Gasteiger partial charge in [0.2, 0.25) is 0 Å². The number of hydrogen-bond donors (Lipinski definition) is 1. The van der Waals surface area contributed by atoms with Gasteiger partial charge in [0.05, 0.1) is 33.8 Å². The lowest BCUT2D eigenvalue weighted by Crippen LogP contribution is -2.41. The molecule has 0 aromatic rings. The lowest BCUT2D eigenvalue weighted by atomic mass is 10.1. The molecule has 1 N–H and O–H groups in total. The summed E-state index contributed by atoms with van der Waals surface area (Å²) in [6, 6.07) is 0. The van der Waals surface area contributed by atoms with E-state index < -0.39 is 10.4 Å². The van der Waals surface area contributed by atoms with Crippen LogP contribution in [0.5, 0.6) is 0 Å². The molecular weight excluding hydrogens is 326 g/mol. The van der Waals surface area contributed by atoms with Gasteiger partial charge < -0.3 is 4.48 Å². The highest BCUT2D eigenvalue weighted by Gasteiger charge is 2.14. The topological polar surface area (TPSA) is 63.6 Å². The monoisotopic (exact) mass is 366 g/mol. The summed E-state index contributed by atoms with van der Waals surface area (Å²) in [4.78, 5) is 0. The van der Waals surface area contributed by atoms with Crippen LogP contribution in [0, 0.1) is 0 Å². The Morgan fingerprint density at radius 3 is 1.62 bits per heavy atom. The summed E-state index contributed by atoms with van der Waals surface area (Å²) in [5.41, 5.74) is 0. The molecule has 0 aliphatic rings. The summed E-state index contributed by atoms with van der Waals surface area (Å²) in [6.07, 6.45) is 15.1. The van der Waals surface area contributed by atoms with E-state index in [2.05, 4.69) is 25.2 Å². The van der Waals surface area contributed by atoms with Crippen molar-refractivity contribution in [2.45, 2.75) is 84.0 Å². The molecule has 0 rings (SSSR count). The smallest absolute Gasteiger partial charge is 0.328 e. The Kier molecular flexibility index (Phi) is 13.9. The molecule has 24 heavy (non-hydrogen) atoms. The Bertz CT molecular complexity index is 382. The van der Waals surface area contributed by atoms with Crippen molar-refractivity contribution in [1.82, 2.24) is 0 Å². The standard InChI is InChI=1S/C18H39NO4S/c1-4-5-6-7-8-9-10-11-12-13-16-19(2,3)17-14-15-18-23-24(20,21)22/h4-18H2,1-3H3/p+1. The average molecular weight is 367 g/mol. The van der Waals surface area contributed by atoms with Gasteiger partial charge in [-0.1, -0.05) is 58.3 Å². The minimum Gasteiger partial charge on any atom is -0.328 e. The number of nitrogens with zero attached hydrogens (tertiary/aromatic N) is 1. The molecule has 146 valence electrons. The Balaban J connectivity index is 3.44. The van der Waals surface area contributed by atoms with E-state index >= 15 is 0 Å². The molecule has 0 aromatic carbocycles. The molecule has 6 heteroatoms. The van der Waals surface area contributed by atoms with Crippen LogP contribution in [0.15, 0.2) is 0 Å². The molecule has 0 unspecified atom stereocenters. The highest BCUT2D eigenvalue weighted by Crippen LogP contribution is 2.12. The fraction of sp³-hybridized carbons (Fsp3) is 1.00. The third-order valence-corrected chi connectivity index (χ3v) is 4.97. The lowest BCUT2D eigenvalue weighted by Gasteiger charge is -2.29. The van der Waals surface area contributed by atoms with Crippen LogP contribution in [0.25, 0.3) is 0 Å². The molecule has 5 nitrogen and oxygen atoms in total. The third kappa shape index (κ3) is 18.2. The third-order valence-electron chi connectivity index (χ3n) is 4.51. The Morgan fingerprint density at radius 2 is 1.17 bits per heavy atom. The van der Waals surface area contributed by atoms with Crippen molar-refractivity contribution in [1.29, 1.82) is 0 Å². The van der Waals surface area contributed by atoms with Gasteiger partial charge >= 0.3 is 10.4 Å². The maximum absolute atomic E-state index is 10.4. The minimum absolute atomic E-state index is 0.0666. The van der Waals surface area contributed by atoms with E-state index in [4.69, 9.17) is 4.55 Å². The highest BCUT2D eigenvalue weighted by atomic mass is 32.3. The second-order valence-corrected chi connectivity index (χ2v) is 8.61. The molecule has 0 bridgehead atoms. The largest absolute Gasteiger partial charge is 0.397 e. The average Bonchev–Trinajstić information content (AvgIpc) is 2.47. The van der Waals surface area contributed by atoms with E-state index in [0.29, 0.717) is 6.42 Å². The molecule has 0 saturated carbocycles. The Hall–Kier alpha value is -0.170. The van der Waals surface area contributed by atoms with Crippen LogP contribution in [0.4, 0.5) is 0 Å². The van der Waals surface area contributed by atoms with Crippen LogP contribution < -0.4 is 0 Å². The molecule has 0 aliphatic heterocycles. The van der Waals surface area contributed by atoms with Gasteiger partial charge in [-0.05, 0) is 25.7 Å². The van der Waals surface area contributed by atoms with E-state index in [-0.39, 0.29) is 6.61 Å². The fourth-order valence-corrected chi connectivity index (χ4v) is 3.27. The van der Waals surface area contributed by atoms with E-state index in [0.717, 1.165) is 24.0 Å². The SMILES string of the molecule is CCCCCCCCCCCC[N+](C)(C)CCCCOS(=O)(=O)O. The molecule has 0 radical (unpaired) electrons. The van der Waals surface area contributed by atoms with Crippen LogP contribution in [0.1, 0.15) is 84.0 Å². The first-order chi connectivity index (χ1) is 11.3. The van der Waals surface area contributed by atoms with Gasteiger partial charge in [-0.15, -0.1) is 0 Å². The summed E-state index contributed by atoms with van der Waals surface area (Å²) < 4.78 is 34.6. The highest BCUT2D eigenvalue weighted by molar-refractivity contribution is 7.80. The van der Waals surface area contributed by atoms with Gasteiger partial charge in [0.25, 0.3) is 0 Å². The first-order valence-corrected chi connectivity index (χ1v) is 11.1. The first kappa shape index (κ1) is 23.8. The van der Waals surface area contributed by atoms with Crippen LogP contribution in [0.3, 0.4) is 0 Å². The normalized spacial score (nSPS) is 12.7. The molecule has 0 fully saturated rings. The first-order valence-electron chi connectivity index (χ1n) is 9.71. The number of quaternary nitrogens is 1. The summed E-state index contributed by atoms with van der Waals surface area (Å²) in [6.45, 7) is 4.49. The van der Waals surface area contributed by atoms with Gasteiger partial charge in [0.15, 0.2) is 0 Å². The van der Waals surface area contributed by atoms with Crippen molar-refractivity contribution in [3.63, 3.8) is 0 Å². The van der Waals surface area contributed by atoms with E-state index in [1.165, 1.54) is 64.2 Å². The van der Waals surface area contributed by atoms with Crippen molar-refractivity contribution in [3.05, 3.63) is 0 Å². The molecule has 0 amide bonds. The molecular formula is C18H40NO4S+. The van der Waals surface area contributed by atoms with Gasteiger partial charge in [-0.2, -0.15) is 8.42 Å². The molecule has 0 spiro atoms. The Morgan fingerprint density at radius 1 is 0.750 bits per heavy atom. The minimum atomic E-state index is -4.28. The zero-order chi connectivity index (χ0) is 18.3. The Labute approximate surface area is 150 Å². The molecule has 0 atom stereocenters. The second kappa shape index (κ2) is 14.0. The zero-order valence-electron chi connectivity index (χ0n) is 16.1. The second-order valence-electron chi connectivity index (χ2n) is 7.52.